The number of hydrogen-bond acceptors (Lipinski definition) is 3. The molecule has 1 aromatic heterocycles. The van der Waals surface area contributed by atoms with E-state index >= 15 is 0 Å². The molecular weight excluding hydrogens is 228 g/mol. The van der Waals surface area contributed by atoms with Crippen LogP contribution in [0.15, 0.2) is 17.5 Å². The van der Waals surface area contributed by atoms with Crippen LogP contribution in [0.25, 0.3) is 0 Å². The molecule has 96 valence electrons. The lowest BCUT2D eigenvalue weighted by molar-refractivity contribution is 0.139. The molecule has 1 aromatic rings. The second-order valence-electron chi connectivity index (χ2n) is 6.02. The lowest BCUT2D eigenvalue weighted by Gasteiger charge is -2.42. The molecule has 2 nitrogen and oxygen atoms in total. The molecule has 0 aromatic carbocycles. The van der Waals surface area contributed by atoms with E-state index in [4.69, 9.17) is 5.73 Å². The molecule has 3 heteroatoms. The van der Waals surface area contributed by atoms with Crippen LogP contribution in [-0.4, -0.2) is 19.6 Å². The topological polar surface area (TPSA) is 38.0 Å². The van der Waals surface area contributed by atoms with Crippen molar-refractivity contribution in [3.05, 3.63) is 22.4 Å². The van der Waals surface area contributed by atoms with E-state index < -0.39 is 0 Å². The van der Waals surface area contributed by atoms with Gasteiger partial charge in [0.15, 0.2) is 0 Å². The number of hydrogen-bond donors (Lipinski definition) is 2. The molecule has 0 atom stereocenters. The fraction of sp³-hybridized carbons (Fsp3) is 0.714. The third kappa shape index (κ3) is 2.90. The summed E-state index contributed by atoms with van der Waals surface area (Å²) < 4.78 is 0. The van der Waals surface area contributed by atoms with Crippen molar-refractivity contribution in [2.75, 3.05) is 19.6 Å². The molecule has 0 radical (unpaired) electrons. The molecule has 0 amide bonds. The Labute approximate surface area is 109 Å². The first-order valence-electron chi connectivity index (χ1n) is 6.53. The summed E-state index contributed by atoms with van der Waals surface area (Å²) in [4.78, 5) is 1.46. The Morgan fingerprint density at radius 3 is 2.71 bits per heavy atom. The second kappa shape index (κ2) is 5.09. The van der Waals surface area contributed by atoms with Crippen molar-refractivity contribution in [3.63, 3.8) is 0 Å². The highest BCUT2D eigenvalue weighted by Gasteiger charge is 2.35. The Kier molecular flexibility index (Phi) is 3.91. The molecule has 1 aliphatic carbocycles. The first-order chi connectivity index (χ1) is 8.08. The summed E-state index contributed by atoms with van der Waals surface area (Å²) in [6.07, 6.45) is 3.96. The SMILES string of the molecule is CC(C)(CNCC1(CN)CCC1)c1cccs1. The highest BCUT2D eigenvalue weighted by Crippen LogP contribution is 2.39. The van der Waals surface area contributed by atoms with E-state index in [1.54, 1.807) is 0 Å². The maximum atomic E-state index is 5.88. The molecule has 1 aliphatic rings. The van der Waals surface area contributed by atoms with Crippen molar-refractivity contribution in [1.82, 2.24) is 5.32 Å². The summed E-state index contributed by atoms with van der Waals surface area (Å²) in [6.45, 7) is 7.57. The van der Waals surface area contributed by atoms with Gasteiger partial charge >= 0.3 is 0 Å². The first-order valence-corrected chi connectivity index (χ1v) is 7.41. The summed E-state index contributed by atoms with van der Waals surface area (Å²) in [6, 6.07) is 4.36. The van der Waals surface area contributed by atoms with Crippen molar-refractivity contribution < 1.29 is 0 Å². The zero-order chi connectivity index (χ0) is 12.4. The zero-order valence-corrected chi connectivity index (χ0v) is 11.8. The van der Waals surface area contributed by atoms with Crippen LogP contribution in [0.2, 0.25) is 0 Å². The summed E-state index contributed by atoms with van der Waals surface area (Å²) in [5.41, 5.74) is 6.51. The molecular formula is C14H24N2S. The highest BCUT2D eigenvalue weighted by atomic mass is 32.1. The van der Waals surface area contributed by atoms with Crippen LogP contribution < -0.4 is 11.1 Å². The summed E-state index contributed by atoms with van der Waals surface area (Å²) in [5, 5.41) is 5.79. The Morgan fingerprint density at radius 2 is 2.24 bits per heavy atom. The smallest absolute Gasteiger partial charge is 0.0115 e. The van der Waals surface area contributed by atoms with Gasteiger partial charge in [0.2, 0.25) is 0 Å². The van der Waals surface area contributed by atoms with Crippen LogP contribution in [0.1, 0.15) is 38.0 Å². The van der Waals surface area contributed by atoms with Gasteiger partial charge in [0, 0.05) is 23.4 Å². The van der Waals surface area contributed by atoms with Gasteiger partial charge in [0.1, 0.15) is 0 Å². The first kappa shape index (κ1) is 13.1. The molecule has 0 unspecified atom stereocenters. The van der Waals surface area contributed by atoms with E-state index in [1.807, 2.05) is 11.3 Å². The predicted octanol–water partition coefficient (Wildman–Crippen LogP) is 2.74. The summed E-state index contributed by atoms with van der Waals surface area (Å²) >= 11 is 1.85. The minimum absolute atomic E-state index is 0.230. The quantitative estimate of drug-likeness (QED) is 0.817. The summed E-state index contributed by atoms with van der Waals surface area (Å²) in [5.74, 6) is 0. The maximum absolute atomic E-state index is 5.88. The molecule has 0 bridgehead atoms. The van der Waals surface area contributed by atoms with Crippen LogP contribution in [0.4, 0.5) is 0 Å². The monoisotopic (exact) mass is 252 g/mol. The third-order valence-corrected chi connectivity index (χ3v) is 5.34. The highest BCUT2D eigenvalue weighted by molar-refractivity contribution is 7.10. The Balaban J connectivity index is 1.82. The van der Waals surface area contributed by atoms with E-state index in [9.17, 15) is 0 Å². The number of nitrogens with one attached hydrogen (secondary N) is 1. The van der Waals surface area contributed by atoms with Gasteiger partial charge in [-0.3, -0.25) is 0 Å². The average molecular weight is 252 g/mol. The van der Waals surface area contributed by atoms with Gasteiger partial charge in [-0.15, -0.1) is 11.3 Å². The van der Waals surface area contributed by atoms with E-state index in [0.717, 1.165) is 19.6 Å². The van der Waals surface area contributed by atoms with Crippen LogP contribution in [-0.2, 0) is 5.41 Å². The van der Waals surface area contributed by atoms with Crippen LogP contribution in [0.3, 0.4) is 0 Å². The van der Waals surface area contributed by atoms with Crippen molar-refractivity contribution in [2.45, 2.75) is 38.5 Å². The van der Waals surface area contributed by atoms with Crippen molar-refractivity contribution in [2.24, 2.45) is 11.1 Å². The standard InChI is InChI=1S/C14H24N2S/c1-13(2,12-5-3-8-17-12)10-16-11-14(9-15)6-4-7-14/h3,5,8,16H,4,6-7,9-11,15H2,1-2H3. The van der Waals surface area contributed by atoms with Gasteiger partial charge in [0.05, 0.1) is 0 Å². The molecule has 1 heterocycles. The Hall–Kier alpha value is -0.380. The predicted molar refractivity (Wildman–Crippen MR) is 75.6 cm³/mol. The number of nitrogens with two attached hydrogens (primary N) is 1. The van der Waals surface area contributed by atoms with Gasteiger partial charge in [0.25, 0.3) is 0 Å². The molecule has 0 spiro atoms. The van der Waals surface area contributed by atoms with Gasteiger partial charge in [-0.1, -0.05) is 26.3 Å². The normalized spacial score (nSPS) is 19.0. The summed E-state index contributed by atoms with van der Waals surface area (Å²) in [7, 11) is 0. The Morgan fingerprint density at radius 1 is 1.47 bits per heavy atom. The van der Waals surface area contributed by atoms with Crippen molar-refractivity contribution >= 4 is 11.3 Å². The molecule has 1 saturated carbocycles. The largest absolute Gasteiger partial charge is 0.330 e. The third-order valence-electron chi connectivity index (χ3n) is 4.10. The molecule has 17 heavy (non-hydrogen) atoms. The van der Waals surface area contributed by atoms with E-state index in [2.05, 4.69) is 36.7 Å². The minimum Gasteiger partial charge on any atom is -0.330 e. The van der Waals surface area contributed by atoms with Crippen LogP contribution >= 0.6 is 11.3 Å². The Bertz CT molecular complexity index is 334. The zero-order valence-electron chi connectivity index (χ0n) is 11.0. The lowest BCUT2D eigenvalue weighted by Crippen LogP contribution is -2.47. The number of rotatable bonds is 6. The molecule has 0 saturated heterocycles. The van der Waals surface area contributed by atoms with Crippen molar-refractivity contribution in [1.29, 1.82) is 0 Å². The number of thiophene rings is 1. The molecule has 3 N–H and O–H groups in total. The molecule has 0 aliphatic heterocycles. The fourth-order valence-electron chi connectivity index (χ4n) is 2.52. The van der Waals surface area contributed by atoms with E-state index in [1.165, 1.54) is 24.1 Å². The van der Waals surface area contributed by atoms with Gasteiger partial charge < -0.3 is 11.1 Å². The van der Waals surface area contributed by atoms with Crippen molar-refractivity contribution in [3.8, 4) is 0 Å². The molecule has 1 fully saturated rings. The lowest BCUT2D eigenvalue weighted by atomic mass is 9.68. The molecule has 2 rings (SSSR count). The van der Waals surface area contributed by atoms with Crippen LogP contribution in [0.5, 0.6) is 0 Å². The van der Waals surface area contributed by atoms with E-state index in [-0.39, 0.29) is 5.41 Å². The fourth-order valence-corrected chi connectivity index (χ4v) is 3.37. The van der Waals surface area contributed by atoms with Gasteiger partial charge in [-0.05, 0) is 36.2 Å². The van der Waals surface area contributed by atoms with Crippen LogP contribution in [0, 0.1) is 5.41 Å². The second-order valence-corrected chi connectivity index (χ2v) is 6.97. The maximum Gasteiger partial charge on any atom is 0.0115 e. The van der Waals surface area contributed by atoms with Gasteiger partial charge in [-0.25, -0.2) is 0 Å². The van der Waals surface area contributed by atoms with E-state index in [0.29, 0.717) is 5.41 Å². The minimum atomic E-state index is 0.230. The average Bonchev–Trinajstić information content (AvgIpc) is 2.76. The van der Waals surface area contributed by atoms with Gasteiger partial charge in [-0.2, -0.15) is 0 Å².